The number of nitrogens with zero attached hydrogens (tertiary/aromatic N) is 4. The van der Waals surface area contributed by atoms with Crippen LogP contribution in [0, 0.1) is 10.1 Å². The van der Waals surface area contributed by atoms with Crippen LogP contribution in [0.25, 0.3) is 0 Å². The molecule has 2 aromatic carbocycles. The Labute approximate surface area is 188 Å². The number of hydrogen-bond acceptors (Lipinski definition) is 7. The van der Waals surface area contributed by atoms with Crippen LogP contribution < -0.4 is 10.2 Å². The van der Waals surface area contributed by atoms with Gasteiger partial charge in [0, 0.05) is 24.9 Å². The molecule has 12 heteroatoms. The van der Waals surface area contributed by atoms with Crippen LogP contribution in [0.15, 0.2) is 58.2 Å². The summed E-state index contributed by atoms with van der Waals surface area (Å²) in [6.07, 6.45) is 2.95. The van der Waals surface area contributed by atoms with Crippen LogP contribution in [0.5, 0.6) is 5.75 Å². The van der Waals surface area contributed by atoms with E-state index >= 15 is 0 Å². The molecular weight excluding hydrogens is 494 g/mol. The van der Waals surface area contributed by atoms with Gasteiger partial charge in [0.25, 0.3) is 11.6 Å². The highest BCUT2D eigenvalue weighted by molar-refractivity contribution is 9.10. The molecule has 0 aliphatic rings. The van der Waals surface area contributed by atoms with Crippen molar-refractivity contribution in [3.8, 4) is 5.75 Å². The topological polar surface area (TPSA) is 129 Å². The molecule has 0 saturated carbocycles. The van der Waals surface area contributed by atoms with Gasteiger partial charge >= 0.3 is 5.97 Å². The number of rotatable bonds is 6. The molecule has 0 spiro atoms. The van der Waals surface area contributed by atoms with Crippen molar-refractivity contribution in [2.45, 2.75) is 0 Å². The fourth-order valence-electron chi connectivity index (χ4n) is 2.44. The number of nitrogens with one attached hydrogen (secondary N) is 1. The molecule has 31 heavy (non-hydrogen) atoms. The van der Waals surface area contributed by atoms with Gasteiger partial charge in [-0.2, -0.15) is 10.2 Å². The number of halogens is 2. The second-order valence-corrected chi connectivity index (χ2v) is 7.35. The number of hydrazone groups is 1. The predicted molar refractivity (Wildman–Crippen MR) is 115 cm³/mol. The number of amides is 1. The van der Waals surface area contributed by atoms with Crippen LogP contribution in [-0.4, -0.2) is 32.8 Å². The van der Waals surface area contributed by atoms with Crippen LogP contribution >= 0.6 is 27.5 Å². The summed E-state index contributed by atoms with van der Waals surface area (Å²) < 4.78 is 7.29. The number of carbonyl (C=O) groups excluding carboxylic acids is 2. The lowest BCUT2D eigenvalue weighted by Gasteiger charge is -2.04. The number of aromatic nitrogens is 2. The molecule has 0 bridgehead atoms. The third kappa shape index (κ3) is 5.53. The van der Waals surface area contributed by atoms with E-state index in [0.717, 1.165) is 6.07 Å². The maximum absolute atomic E-state index is 12.2. The van der Waals surface area contributed by atoms with E-state index in [1.54, 1.807) is 31.4 Å². The molecule has 1 heterocycles. The molecule has 0 atom stereocenters. The van der Waals surface area contributed by atoms with E-state index in [2.05, 4.69) is 31.6 Å². The Balaban J connectivity index is 1.66. The molecule has 0 radical (unpaired) electrons. The summed E-state index contributed by atoms with van der Waals surface area (Å²) in [6, 6.07) is 10.1. The number of hydrogen-bond donors (Lipinski definition) is 1. The van der Waals surface area contributed by atoms with Gasteiger partial charge in [-0.15, -0.1) is 0 Å². The van der Waals surface area contributed by atoms with E-state index in [1.807, 2.05) is 0 Å². The van der Waals surface area contributed by atoms with Gasteiger partial charge in [-0.3, -0.25) is 19.6 Å². The number of nitro benzene ring substituents is 1. The second kappa shape index (κ2) is 9.49. The van der Waals surface area contributed by atoms with Gasteiger partial charge in [-0.25, -0.2) is 10.2 Å². The van der Waals surface area contributed by atoms with Crippen molar-refractivity contribution in [2.75, 3.05) is 0 Å². The fourth-order valence-corrected chi connectivity index (χ4v) is 3.16. The van der Waals surface area contributed by atoms with Crippen LogP contribution in [-0.2, 0) is 7.05 Å². The summed E-state index contributed by atoms with van der Waals surface area (Å²) in [5.41, 5.74) is 2.58. The molecule has 10 nitrogen and oxygen atoms in total. The smallest absolute Gasteiger partial charge is 0.365 e. The number of nitro groups is 1. The first-order valence-corrected chi connectivity index (χ1v) is 9.70. The zero-order valence-corrected chi connectivity index (χ0v) is 18.1. The van der Waals surface area contributed by atoms with Gasteiger partial charge in [0.2, 0.25) is 0 Å². The number of benzene rings is 2. The first-order chi connectivity index (χ1) is 14.7. The zero-order valence-electron chi connectivity index (χ0n) is 15.8. The summed E-state index contributed by atoms with van der Waals surface area (Å²) in [5, 5.41) is 18.7. The molecule has 0 aliphatic heterocycles. The summed E-state index contributed by atoms with van der Waals surface area (Å²) >= 11 is 8.97. The second-order valence-electron chi connectivity index (χ2n) is 6.08. The standard InChI is InChI=1S/C19H13BrClN5O5/c1-25-10-14(20)17(24-25)19(28)31-13-4-2-3-11(7-13)9-22-23-18(27)12-5-6-15(21)16(8-12)26(29)30/h2-10H,1H3,(H,23,27)/b22-9-. The lowest BCUT2D eigenvalue weighted by Crippen LogP contribution is -2.17. The minimum Gasteiger partial charge on any atom is -0.422 e. The van der Waals surface area contributed by atoms with Crippen molar-refractivity contribution in [1.82, 2.24) is 15.2 Å². The number of carbonyl (C=O) groups is 2. The molecule has 0 unspecified atom stereocenters. The molecule has 3 aromatic rings. The highest BCUT2D eigenvalue weighted by Gasteiger charge is 2.17. The Morgan fingerprint density at radius 1 is 1.32 bits per heavy atom. The Kier molecular flexibility index (Phi) is 6.78. The van der Waals surface area contributed by atoms with Gasteiger partial charge in [-0.1, -0.05) is 23.7 Å². The number of aryl methyl sites for hydroxylation is 1. The molecule has 158 valence electrons. The quantitative estimate of drug-likeness (QED) is 0.178. The summed E-state index contributed by atoms with van der Waals surface area (Å²) in [7, 11) is 1.68. The first-order valence-electron chi connectivity index (χ1n) is 8.53. The molecule has 1 N–H and O–H groups in total. The summed E-state index contributed by atoms with van der Waals surface area (Å²) in [5.74, 6) is -1.04. The Morgan fingerprint density at radius 3 is 2.77 bits per heavy atom. The third-order valence-electron chi connectivity index (χ3n) is 3.83. The van der Waals surface area contributed by atoms with E-state index < -0.39 is 16.8 Å². The van der Waals surface area contributed by atoms with Crippen LogP contribution in [0.1, 0.15) is 26.4 Å². The summed E-state index contributed by atoms with van der Waals surface area (Å²) in [4.78, 5) is 34.6. The Bertz CT molecular complexity index is 1210. The van der Waals surface area contributed by atoms with Crippen LogP contribution in [0.4, 0.5) is 5.69 Å². The van der Waals surface area contributed by atoms with Gasteiger partial charge in [0.15, 0.2) is 5.69 Å². The third-order valence-corrected chi connectivity index (χ3v) is 4.73. The van der Waals surface area contributed by atoms with Gasteiger partial charge in [0.1, 0.15) is 10.8 Å². The van der Waals surface area contributed by atoms with Crippen LogP contribution in [0.3, 0.4) is 0 Å². The molecule has 0 fully saturated rings. The molecule has 1 amide bonds. The summed E-state index contributed by atoms with van der Waals surface area (Å²) in [6.45, 7) is 0. The zero-order chi connectivity index (χ0) is 22.5. The van der Waals surface area contributed by atoms with E-state index in [1.165, 1.54) is 29.1 Å². The fraction of sp³-hybridized carbons (Fsp3) is 0.0526. The van der Waals surface area contributed by atoms with Crippen molar-refractivity contribution in [3.63, 3.8) is 0 Å². The average molecular weight is 507 g/mol. The normalized spacial score (nSPS) is 10.8. The molecule has 0 aliphatic carbocycles. The highest BCUT2D eigenvalue weighted by Crippen LogP contribution is 2.25. The Hall–Kier alpha value is -3.57. The maximum Gasteiger partial charge on any atom is 0.365 e. The number of ether oxygens (including phenoxy) is 1. The van der Waals surface area contributed by atoms with E-state index in [0.29, 0.717) is 10.0 Å². The highest BCUT2D eigenvalue weighted by atomic mass is 79.9. The predicted octanol–water partition coefficient (Wildman–Crippen LogP) is 3.73. The minimum absolute atomic E-state index is 0.0249. The van der Waals surface area contributed by atoms with Gasteiger partial charge in [0.05, 0.1) is 15.6 Å². The van der Waals surface area contributed by atoms with E-state index in [-0.39, 0.29) is 27.7 Å². The lowest BCUT2D eigenvalue weighted by atomic mass is 10.2. The van der Waals surface area contributed by atoms with Crippen LogP contribution in [0.2, 0.25) is 5.02 Å². The molecular formula is C19H13BrClN5O5. The molecule has 3 rings (SSSR count). The van der Waals surface area contributed by atoms with Gasteiger partial charge < -0.3 is 4.74 Å². The van der Waals surface area contributed by atoms with Crippen molar-refractivity contribution < 1.29 is 19.2 Å². The largest absolute Gasteiger partial charge is 0.422 e. The minimum atomic E-state index is -0.682. The Morgan fingerprint density at radius 2 is 2.10 bits per heavy atom. The van der Waals surface area contributed by atoms with Crippen molar-refractivity contribution >= 4 is 51.3 Å². The van der Waals surface area contributed by atoms with E-state index in [4.69, 9.17) is 16.3 Å². The average Bonchev–Trinajstić information content (AvgIpc) is 3.06. The first kappa shape index (κ1) is 22.1. The lowest BCUT2D eigenvalue weighted by molar-refractivity contribution is -0.384. The number of esters is 1. The van der Waals surface area contributed by atoms with Crippen molar-refractivity contribution in [2.24, 2.45) is 12.1 Å². The molecule has 0 saturated heterocycles. The van der Waals surface area contributed by atoms with Crippen molar-refractivity contribution in [1.29, 1.82) is 0 Å². The maximum atomic E-state index is 12.2. The SMILES string of the molecule is Cn1cc(Br)c(C(=O)Oc2cccc(/C=N\NC(=O)c3ccc(Cl)c([N+](=O)[O-])c3)c2)n1. The monoisotopic (exact) mass is 505 g/mol. The molecule has 1 aromatic heterocycles. The van der Waals surface area contributed by atoms with Gasteiger partial charge in [-0.05, 0) is 45.8 Å². The van der Waals surface area contributed by atoms with Crippen molar-refractivity contribution in [3.05, 3.63) is 85.1 Å². The van der Waals surface area contributed by atoms with E-state index in [9.17, 15) is 19.7 Å².